The molecule has 16 heavy (non-hydrogen) atoms. The summed E-state index contributed by atoms with van der Waals surface area (Å²) in [6.45, 7) is 3.82. The van der Waals surface area contributed by atoms with Crippen LogP contribution in [0.1, 0.15) is 18.4 Å². The van der Waals surface area contributed by atoms with Crippen molar-refractivity contribution in [1.29, 1.82) is 0 Å². The van der Waals surface area contributed by atoms with E-state index in [1.165, 1.54) is 50.1 Å². The van der Waals surface area contributed by atoms with Crippen LogP contribution >= 0.6 is 0 Å². The van der Waals surface area contributed by atoms with E-state index < -0.39 is 0 Å². The first kappa shape index (κ1) is 11.5. The first-order valence-corrected chi connectivity index (χ1v) is 6.24. The molecule has 1 aliphatic heterocycles. The number of nitrogens with zero attached hydrogens (tertiary/aromatic N) is 2. The summed E-state index contributed by atoms with van der Waals surface area (Å²) >= 11 is 0. The molecule has 0 aromatic heterocycles. The fraction of sp³-hybridized carbons (Fsp3) is 0.571. The van der Waals surface area contributed by atoms with E-state index in [0.29, 0.717) is 0 Å². The van der Waals surface area contributed by atoms with E-state index in [0.717, 1.165) is 0 Å². The normalized spacial score (nSPS) is 16.6. The molecule has 0 spiro atoms. The summed E-state index contributed by atoms with van der Waals surface area (Å²) in [5, 5.41) is 0. The number of rotatable bonds is 4. The fourth-order valence-electron chi connectivity index (χ4n) is 2.28. The Morgan fingerprint density at radius 2 is 1.94 bits per heavy atom. The van der Waals surface area contributed by atoms with E-state index in [-0.39, 0.29) is 0 Å². The zero-order chi connectivity index (χ0) is 11.4. The van der Waals surface area contributed by atoms with Crippen molar-refractivity contribution < 1.29 is 0 Å². The van der Waals surface area contributed by atoms with E-state index in [9.17, 15) is 0 Å². The Balaban J connectivity index is 1.90. The standard InChI is InChI=1S/C14H22N2/c1-15(2)14-7-5-6-13(12-14)8-11-16-9-3-4-10-16/h5-7,12H,3-4,8-11H2,1-2H3. The van der Waals surface area contributed by atoms with Gasteiger partial charge in [-0.05, 0) is 50.0 Å². The summed E-state index contributed by atoms with van der Waals surface area (Å²) in [4.78, 5) is 4.74. The number of benzene rings is 1. The van der Waals surface area contributed by atoms with Crippen molar-refractivity contribution in [2.75, 3.05) is 38.6 Å². The maximum Gasteiger partial charge on any atom is 0.0363 e. The second-order valence-corrected chi connectivity index (χ2v) is 4.86. The Morgan fingerprint density at radius 3 is 2.62 bits per heavy atom. The number of hydrogen-bond acceptors (Lipinski definition) is 2. The molecule has 1 saturated heterocycles. The van der Waals surface area contributed by atoms with Gasteiger partial charge in [-0.25, -0.2) is 0 Å². The Morgan fingerprint density at radius 1 is 1.19 bits per heavy atom. The summed E-state index contributed by atoms with van der Waals surface area (Å²) in [7, 11) is 4.19. The van der Waals surface area contributed by atoms with Crippen LogP contribution in [0.25, 0.3) is 0 Å². The lowest BCUT2D eigenvalue weighted by Crippen LogP contribution is -2.22. The van der Waals surface area contributed by atoms with E-state index >= 15 is 0 Å². The minimum absolute atomic E-state index is 1.18. The highest BCUT2D eigenvalue weighted by Crippen LogP contribution is 2.15. The van der Waals surface area contributed by atoms with Gasteiger partial charge in [0.05, 0.1) is 0 Å². The van der Waals surface area contributed by atoms with Crippen molar-refractivity contribution in [2.24, 2.45) is 0 Å². The largest absolute Gasteiger partial charge is 0.378 e. The van der Waals surface area contributed by atoms with Crippen molar-refractivity contribution in [3.05, 3.63) is 29.8 Å². The molecule has 0 unspecified atom stereocenters. The minimum Gasteiger partial charge on any atom is -0.378 e. The zero-order valence-electron chi connectivity index (χ0n) is 10.4. The molecule has 0 N–H and O–H groups in total. The van der Waals surface area contributed by atoms with E-state index in [1.807, 2.05) is 0 Å². The maximum absolute atomic E-state index is 2.57. The Kier molecular flexibility index (Phi) is 3.83. The molecule has 2 nitrogen and oxygen atoms in total. The third-order valence-corrected chi connectivity index (χ3v) is 3.34. The second kappa shape index (κ2) is 5.35. The van der Waals surface area contributed by atoms with Gasteiger partial charge in [-0.15, -0.1) is 0 Å². The average Bonchev–Trinajstić information content (AvgIpc) is 2.79. The van der Waals surface area contributed by atoms with Gasteiger partial charge in [0.1, 0.15) is 0 Å². The number of hydrogen-bond donors (Lipinski definition) is 0. The van der Waals surface area contributed by atoms with Crippen LogP contribution in [0.2, 0.25) is 0 Å². The number of anilines is 1. The van der Waals surface area contributed by atoms with Crippen LogP contribution in [0.15, 0.2) is 24.3 Å². The predicted octanol–water partition coefficient (Wildman–Crippen LogP) is 2.39. The van der Waals surface area contributed by atoms with Gasteiger partial charge in [-0.1, -0.05) is 12.1 Å². The summed E-state index contributed by atoms with van der Waals surface area (Å²) in [6.07, 6.45) is 3.96. The first-order valence-electron chi connectivity index (χ1n) is 6.24. The van der Waals surface area contributed by atoms with Crippen LogP contribution in [0.4, 0.5) is 5.69 Å². The van der Waals surface area contributed by atoms with Gasteiger partial charge in [0.25, 0.3) is 0 Å². The maximum atomic E-state index is 2.57. The molecule has 1 aromatic rings. The van der Waals surface area contributed by atoms with Gasteiger partial charge in [0, 0.05) is 26.3 Å². The van der Waals surface area contributed by atoms with Crippen molar-refractivity contribution in [1.82, 2.24) is 4.90 Å². The van der Waals surface area contributed by atoms with Crippen LogP contribution in [0.3, 0.4) is 0 Å². The molecule has 1 fully saturated rings. The summed E-state index contributed by atoms with van der Waals surface area (Å²) in [6, 6.07) is 8.87. The molecule has 2 rings (SSSR count). The van der Waals surface area contributed by atoms with Gasteiger partial charge >= 0.3 is 0 Å². The van der Waals surface area contributed by atoms with Gasteiger partial charge in [-0.3, -0.25) is 0 Å². The molecule has 0 radical (unpaired) electrons. The highest BCUT2D eigenvalue weighted by atomic mass is 15.1. The summed E-state index contributed by atoms with van der Waals surface area (Å²) in [5.41, 5.74) is 2.76. The van der Waals surface area contributed by atoms with Gasteiger partial charge < -0.3 is 9.80 Å². The molecule has 0 atom stereocenters. The van der Waals surface area contributed by atoms with Crippen molar-refractivity contribution >= 4 is 5.69 Å². The zero-order valence-corrected chi connectivity index (χ0v) is 10.4. The van der Waals surface area contributed by atoms with Crippen LogP contribution in [-0.2, 0) is 6.42 Å². The Hall–Kier alpha value is -1.02. The topological polar surface area (TPSA) is 6.48 Å². The summed E-state index contributed by atoms with van der Waals surface area (Å²) < 4.78 is 0. The SMILES string of the molecule is CN(C)c1cccc(CCN2CCCC2)c1. The Bertz CT molecular complexity index is 327. The number of likely N-dealkylation sites (tertiary alicyclic amines) is 1. The summed E-state index contributed by atoms with van der Waals surface area (Å²) in [5.74, 6) is 0. The van der Waals surface area contributed by atoms with Crippen molar-refractivity contribution in [3.8, 4) is 0 Å². The lowest BCUT2D eigenvalue weighted by atomic mass is 10.1. The minimum atomic E-state index is 1.18. The van der Waals surface area contributed by atoms with E-state index in [2.05, 4.69) is 48.2 Å². The highest BCUT2D eigenvalue weighted by molar-refractivity contribution is 5.47. The molecule has 1 aromatic carbocycles. The van der Waals surface area contributed by atoms with Crippen LogP contribution < -0.4 is 4.90 Å². The quantitative estimate of drug-likeness (QED) is 0.765. The van der Waals surface area contributed by atoms with Gasteiger partial charge in [-0.2, -0.15) is 0 Å². The second-order valence-electron chi connectivity index (χ2n) is 4.86. The highest BCUT2D eigenvalue weighted by Gasteiger charge is 2.10. The molecule has 0 bridgehead atoms. The fourth-order valence-corrected chi connectivity index (χ4v) is 2.28. The van der Waals surface area contributed by atoms with Crippen molar-refractivity contribution in [3.63, 3.8) is 0 Å². The monoisotopic (exact) mass is 218 g/mol. The molecular formula is C14H22N2. The molecule has 0 amide bonds. The Labute approximate surface area is 98.9 Å². The van der Waals surface area contributed by atoms with Gasteiger partial charge in [0.15, 0.2) is 0 Å². The average molecular weight is 218 g/mol. The third kappa shape index (κ3) is 2.99. The van der Waals surface area contributed by atoms with E-state index in [1.54, 1.807) is 0 Å². The molecule has 1 heterocycles. The first-order chi connectivity index (χ1) is 7.75. The van der Waals surface area contributed by atoms with Crippen LogP contribution in [0, 0.1) is 0 Å². The third-order valence-electron chi connectivity index (χ3n) is 3.34. The van der Waals surface area contributed by atoms with Crippen LogP contribution in [-0.4, -0.2) is 38.6 Å². The lowest BCUT2D eigenvalue weighted by molar-refractivity contribution is 0.343. The smallest absolute Gasteiger partial charge is 0.0363 e. The molecule has 0 saturated carbocycles. The van der Waals surface area contributed by atoms with E-state index in [4.69, 9.17) is 0 Å². The molecular weight excluding hydrogens is 196 g/mol. The van der Waals surface area contributed by atoms with Crippen LogP contribution in [0.5, 0.6) is 0 Å². The molecule has 88 valence electrons. The van der Waals surface area contributed by atoms with Gasteiger partial charge in [0.2, 0.25) is 0 Å². The molecule has 0 aliphatic carbocycles. The molecule has 1 aliphatic rings. The predicted molar refractivity (Wildman–Crippen MR) is 70.1 cm³/mol. The molecule has 2 heteroatoms. The lowest BCUT2D eigenvalue weighted by Gasteiger charge is -2.16. The van der Waals surface area contributed by atoms with Crippen molar-refractivity contribution in [2.45, 2.75) is 19.3 Å².